The van der Waals surface area contributed by atoms with Crippen LogP contribution in [0.3, 0.4) is 0 Å². The number of esters is 1. The molecule has 0 bridgehead atoms. The lowest BCUT2D eigenvalue weighted by atomic mass is 10.1. The molecule has 0 N–H and O–H groups in total. The normalized spacial score (nSPS) is 10.9. The number of thioether (sulfide) groups is 1. The molecule has 0 atom stereocenters. The summed E-state index contributed by atoms with van der Waals surface area (Å²) in [5.41, 5.74) is -4.51. The largest absolute Gasteiger partial charge is 0.462 e. The summed E-state index contributed by atoms with van der Waals surface area (Å²) in [6.45, 7) is 3.09. The molecule has 0 saturated heterocycles. The van der Waals surface area contributed by atoms with Crippen molar-refractivity contribution in [2.75, 3.05) is 6.61 Å². The van der Waals surface area contributed by atoms with Crippen molar-refractivity contribution < 1.29 is 22.7 Å². The first-order valence-corrected chi connectivity index (χ1v) is 6.08. The lowest BCUT2D eigenvalue weighted by Crippen LogP contribution is -2.09. The van der Waals surface area contributed by atoms with E-state index in [0.29, 0.717) is 0 Å². The van der Waals surface area contributed by atoms with Crippen LogP contribution in [0.1, 0.15) is 28.4 Å². The molecule has 0 aliphatic rings. The van der Waals surface area contributed by atoms with Gasteiger partial charge in [-0.25, -0.2) is 4.79 Å². The number of hydrogen-bond acceptors (Lipinski definition) is 4. The maximum Gasteiger partial charge on any atom is 0.446 e. The van der Waals surface area contributed by atoms with Crippen LogP contribution in [-0.2, 0) is 4.74 Å². The summed E-state index contributed by atoms with van der Waals surface area (Å²) in [5, 5.41) is 8.83. The summed E-state index contributed by atoms with van der Waals surface area (Å²) < 4.78 is 42.1. The van der Waals surface area contributed by atoms with Crippen LogP contribution >= 0.6 is 11.8 Å². The first-order chi connectivity index (χ1) is 8.80. The highest BCUT2D eigenvalue weighted by Crippen LogP contribution is 2.41. The molecule has 0 spiro atoms. The minimum atomic E-state index is -4.52. The van der Waals surface area contributed by atoms with Crippen LogP contribution in [0.5, 0.6) is 0 Å². The van der Waals surface area contributed by atoms with E-state index in [9.17, 15) is 18.0 Å². The van der Waals surface area contributed by atoms with Gasteiger partial charge in [-0.05, 0) is 43.3 Å². The third-order valence-electron chi connectivity index (χ3n) is 2.24. The third-order valence-corrected chi connectivity index (χ3v) is 3.20. The van der Waals surface area contributed by atoms with Crippen LogP contribution < -0.4 is 0 Å². The molecule has 0 saturated carbocycles. The Balaban J connectivity index is 3.31. The molecule has 1 aromatic carbocycles. The number of ether oxygens (including phenoxy) is 1. The van der Waals surface area contributed by atoms with E-state index in [4.69, 9.17) is 10.00 Å². The number of rotatable bonds is 3. The smallest absolute Gasteiger partial charge is 0.446 e. The zero-order chi connectivity index (χ0) is 14.6. The molecule has 0 aliphatic carbocycles. The van der Waals surface area contributed by atoms with E-state index in [-0.39, 0.29) is 28.2 Å². The van der Waals surface area contributed by atoms with Crippen LogP contribution in [0.2, 0.25) is 0 Å². The molecule has 0 radical (unpaired) electrons. The van der Waals surface area contributed by atoms with Crippen molar-refractivity contribution in [1.29, 1.82) is 5.26 Å². The van der Waals surface area contributed by atoms with E-state index >= 15 is 0 Å². The predicted octanol–water partition coefficient (Wildman–Crippen LogP) is 3.66. The van der Waals surface area contributed by atoms with Crippen molar-refractivity contribution in [3.05, 3.63) is 28.8 Å². The van der Waals surface area contributed by atoms with Crippen molar-refractivity contribution >= 4 is 17.7 Å². The number of alkyl halides is 3. The zero-order valence-corrected chi connectivity index (χ0v) is 11.0. The van der Waals surface area contributed by atoms with E-state index in [0.717, 1.165) is 0 Å². The second-order valence-electron chi connectivity index (χ2n) is 3.49. The van der Waals surface area contributed by atoms with Gasteiger partial charge < -0.3 is 4.74 Å². The molecule has 102 valence electrons. The molecule has 0 aromatic heterocycles. The lowest BCUT2D eigenvalue weighted by Gasteiger charge is -2.13. The number of nitrogens with zero attached hydrogens (tertiary/aromatic N) is 1. The lowest BCUT2D eigenvalue weighted by molar-refractivity contribution is -0.0328. The van der Waals surface area contributed by atoms with Gasteiger partial charge in [0.05, 0.1) is 17.7 Å². The first-order valence-electron chi connectivity index (χ1n) is 5.26. The Morgan fingerprint density at radius 2 is 2.11 bits per heavy atom. The van der Waals surface area contributed by atoms with Gasteiger partial charge in [0.2, 0.25) is 0 Å². The standard InChI is InChI=1S/C12H10F3NO2S/c1-3-18-11(17)9-5-4-8(6-16)10(7(9)2)19-12(13,14)15/h4-5H,3H2,1-2H3. The van der Waals surface area contributed by atoms with Crippen LogP contribution in [0.4, 0.5) is 13.2 Å². The fourth-order valence-corrected chi connectivity index (χ4v) is 2.18. The predicted molar refractivity (Wildman–Crippen MR) is 63.8 cm³/mol. The number of hydrogen-bond donors (Lipinski definition) is 0. The molecule has 0 fully saturated rings. The highest BCUT2D eigenvalue weighted by atomic mass is 32.2. The quantitative estimate of drug-likeness (QED) is 0.629. The average Bonchev–Trinajstić information content (AvgIpc) is 2.30. The van der Waals surface area contributed by atoms with E-state index in [1.807, 2.05) is 0 Å². The van der Waals surface area contributed by atoms with Crippen molar-refractivity contribution in [3.8, 4) is 6.07 Å². The number of carbonyl (C=O) groups is 1. The minimum Gasteiger partial charge on any atom is -0.462 e. The Morgan fingerprint density at radius 3 is 2.58 bits per heavy atom. The molecule has 0 aliphatic heterocycles. The van der Waals surface area contributed by atoms with Gasteiger partial charge in [0, 0.05) is 4.90 Å². The van der Waals surface area contributed by atoms with Crippen molar-refractivity contribution in [1.82, 2.24) is 0 Å². The van der Waals surface area contributed by atoms with Crippen LogP contribution in [-0.4, -0.2) is 18.1 Å². The average molecular weight is 289 g/mol. The molecule has 3 nitrogen and oxygen atoms in total. The van der Waals surface area contributed by atoms with Gasteiger partial charge >= 0.3 is 11.5 Å². The number of carbonyl (C=O) groups excluding carboxylic acids is 1. The minimum absolute atomic E-state index is 0.0348. The summed E-state index contributed by atoms with van der Waals surface area (Å²) >= 11 is -0.402. The summed E-state index contributed by atoms with van der Waals surface area (Å²) in [5.74, 6) is -0.700. The first kappa shape index (κ1) is 15.4. The molecular weight excluding hydrogens is 279 g/mol. The molecule has 0 amide bonds. The number of benzene rings is 1. The number of nitriles is 1. The Kier molecular flexibility index (Phi) is 4.84. The summed E-state index contributed by atoms with van der Waals surface area (Å²) in [6, 6.07) is 4.17. The van der Waals surface area contributed by atoms with Gasteiger partial charge in [0.25, 0.3) is 0 Å². The SMILES string of the molecule is CCOC(=O)c1ccc(C#N)c(SC(F)(F)F)c1C. The monoisotopic (exact) mass is 289 g/mol. The zero-order valence-electron chi connectivity index (χ0n) is 10.2. The molecule has 0 heterocycles. The Labute approximate surface area is 112 Å². The maximum atomic E-state index is 12.5. The molecule has 1 rings (SSSR count). The van der Waals surface area contributed by atoms with Gasteiger partial charge in [-0.2, -0.15) is 18.4 Å². The second kappa shape index (κ2) is 5.97. The fourth-order valence-electron chi connectivity index (χ4n) is 1.46. The topological polar surface area (TPSA) is 50.1 Å². The van der Waals surface area contributed by atoms with E-state index < -0.39 is 23.2 Å². The van der Waals surface area contributed by atoms with Gasteiger partial charge in [-0.3, -0.25) is 0 Å². The van der Waals surface area contributed by atoms with Crippen LogP contribution in [0.15, 0.2) is 17.0 Å². The summed E-state index contributed by atoms with van der Waals surface area (Å²) in [4.78, 5) is 11.3. The molecule has 7 heteroatoms. The van der Waals surface area contributed by atoms with Crippen molar-refractivity contribution in [3.63, 3.8) is 0 Å². The van der Waals surface area contributed by atoms with E-state index in [2.05, 4.69) is 0 Å². The Bertz CT molecular complexity index is 535. The fraction of sp³-hybridized carbons (Fsp3) is 0.333. The molecule has 19 heavy (non-hydrogen) atoms. The van der Waals surface area contributed by atoms with Crippen LogP contribution in [0, 0.1) is 18.3 Å². The highest BCUT2D eigenvalue weighted by Gasteiger charge is 2.32. The summed E-state index contributed by atoms with van der Waals surface area (Å²) in [7, 11) is 0. The molecular formula is C12H10F3NO2S. The van der Waals surface area contributed by atoms with E-state index in [1.165, 1.54) is 19.1 Å². The Morgan fingerprint density at radius 1 is 1.47 bits per heavy atom. The summed E-state index contributed by atoms with van der Waals surface area (Å²) in [6.07, 6.45) is 0. The van der Waals surface area contributed by atoms with E-state index in [1.54, 1.807) is 13.0 Å². The highest BCUT2D eigenvalue weighted by molar-refractivity contribution is 8.00. The molecule has 0 unspecified atom stereocenters. The number of halogens is 3. The maximum absolute atomic E-state index is 12.5. The van der Waals surface area contributed by atoms with Gasteiger partial charge in [-0.15, -0.1) is 0 Å². The van der Waals surface area contributed by atoms with Gasteiger partial charge in [0.15, 0.2) is 0 Å². The third kappa shape index (κ3) is 3.89. The second-order valence-corrected chi connectivity index (χ2v) is 4.57. The molecule has 1 aromatic rings. The van der Waals surface area contributed by atoms with Gasteiger partial charge in [0.1, 0.15) is 6.07 Å². The van der Waals surface area contributed by atoms with Crippen LogP contribution in [0.25, 0.3) is 0 Å². The van der Waals surface area contributed by atoms with Crippen molar-refractivity contribution in [2.24, 2.45) is 0 Å². The Hall–Kier alpha value is -1.68. The van der Waals surface area contributed by atoms with Crippen molar-refractivity contribution in [2.45, 2.75) is 24.3 Å². The van der Waals surface area contributed by atoms with Gasteiger partial charge in [-0.1, -0.05) is 0 Å².